The quantitative estimate of drug-likeness (QED) is 0.440. The minimum Gasteiger partial charge on any atom is -0.507 e. The molecule has 24 heavy (non-hydrogen) atoms. The third kappa shape index (κ3) is 4.06. The molecule has 0 spiro atoms. The summed E-state index contributed by atoms with van der Waals surface area (Å²) in [5.74, 6) is 1.55. The molecular formula is C16H14ClN3O3S. The number of hydrogen-bond donors (Lipinski definition) is 3. The van der Waals surface area contributed by atoms with Gasteiger partial charge in [-0.15, -0.1) is 0 Å². The number of nitrogens with one attached hydrogen (secondary N) is 2. The lowest BCUT2D eigenvalue weighted by Crippen LogP contribution is -2.31. The molecule has 124 valence electrons. The van der Waals surface area contributed by atoms with Gasteiger partial charge in [-0.2, -0.15) is 5.10 Å². The second-order valence-electron chi connectivity index (χ2n) is 4.94. The molecular weight excluding hydrogens is 350 g/mol. The lowest BCUT2D eigenvalue weighted by Gasteiger charge is -2.07. The van der Waals surface area contributed by atoms with E-state index in [4.69, 9.17) is 33.3 Å². The van der Waals surface area contributed by atoms with Crippen LogP contribution in [0.3, 0.4) is 0 Å². The fourth-order valence-corrected chi connectivity index (χ4v) is 2.37. The Morgan fingerprint density at radius 1 is 1.25 bits per heavy atom. The van der Waals surface area contributed by atoms with E-state index in [1.807, 2.05) is 18.2 Å². The van der Waals surface area contributed by atoms with Crippen LogP contribution >= 0.6 is 23.8 Å². The SMILES string of the molecule is Oc1ccc(Cl)cc1/C=N/NC(=S)NCc1ccc2c(c1)OCO2. The average Bonchev–Trinajstić information content (AvgIpc) is 3.04. The molecule has 0 radical (unpaired) electrons. The number of phenols is 1. The Bertz CT molecular complexity index is 798. The molecule has 0 aromatic heterocycles. The van der Waals surface area contributed by atoms with Gasteiger partial charge in [-0.25, -0.2) is 0 Å². The summed E-state index contributed by atoms with van der Waals surface area (Å²) in [5.41, 5.74) is 4.17. The predicted octanol–water partition coefficient (Wildman–Crippen LogP) is 2.77. The van der Waals surface area contributed by atoms with E-state index in [1.54, 1.807) is 12.1 Å². The normalized spacial score (nSPS) is 12.4. The molecule has 3 N–H and O–H groups in total. The number of thiocarbonyl (C=S) groups is 1. The van der Waals surface area contributed by atoms with Gasteiger partial charge in [0.25, 0.3) is 0 Å². The second kappa shape index (κ2) is 7.37. The van der Waals surface area contributed by atoms with Gasteiger partial charge in [0.15, 0.2) is 16.6 Å². The number of halogens is 1. The second-order valence-corrected chi connectivity index (χ2v) is 5.79. The molecule has 0 atom stereocenters. The van der Waals surface area contributed by atoms with Gasteiger partial charge in [-0.3, -0.25) is 5.43 Å². The third-order valence-corrected chi connectivity index (χ3v) is 3.72. The standard InChI is InChI=1S/C16H14ClN3O3S/c17-12-2-3-13(21)11(6-12)8-19-20-16(24)18-7-10-1-4-14-15(5-10)23-9-22-14/h1-6,8,21H,7,9H2,(H2,18,20,24)/b19-8+. The maximum atomic E-state index is 9.68. The van der Waals surface area contributed by atoms with Crippen molar-refractivity contribution in [1.29, 1.82) is 0 Å². The molecule has 0 saturated heterocycles. The minimum atomic E-state index is 0.0872. The third-order valence-electron chi connectivity index (χ3n) is 3.25. The van der Waals surface area contributed by atoms with Crippen molar-refractivity contribution < 1.29 is 14.6 Å². The highest BCUT2D eigenvalue weighted by molar-refractivity contribution is 7.80. The molecule has 2 aromatic carbocycles. The zero-order chi connectivity index (χ0) is 16.9. The molecule has 0 aliphatic carbocycles. The zero-order valence-electron chi connectivity index (χ0n) is 12.5. The Hall–Kier alpha value is -2.51. The highest BCUT2D eigenvalue weighted by atomic mass is 35.5. The van der Waals surface area contributed by atoms with E-state index in [0.29, 0.717) is 22.2 Å². The summed E-state index contributed by atoms with van der Waals surface area (Å²) in [7, 11) is 0. The topological polar surface area (TPSA) is 75.1 Å². The Morgan fingerprint density at radius 3 is 2.96 bits per heavy atom. The smallest absolute Gasteiger partial charge is 0.231 e. The first-order chi connectivity index (χ1) is 11.6. The maximum Gasteiger partial charge on any atom is 0.231 e. The van der Waals surface area contributed by atoms with E-state index in [-0.39, 0.29) is 12.5 Å². The van der Waals surface area contributed by atoms with Gasteiger partial charge in [0, 0.05) is 17.1 Å². The predicted molar refractivity (Wildman–Crippen MR) is 95.8 cm³/mol. The molecule has 1 aliphatic heterocycles. The molecule has 8 heteroatoms. The van der Waals surface area contributed by atoms with Crippen molar-refractivity contribution in [2.75, 3.05) is 6.79 Å². The van der Waals surface area contributed by atoms with E-state index in [9.17, 15) is 5.11 Å². The molecule has 0 unspecified atom stereocenters. The Kier molecular flexibility index (Phi) is 5.02. The van der Waals surface area contributed by atoms with Crippen molar-refractivity contribution in [3.63, 3.8) is 0 Å². The van der Waals surface area contributed by atoms with Gasteiger partial charge in [-0.05, 0) is 48.1 Å². The molecule has 1 heterocycles. The van der Waals surface area contributed by atoms with E-state index < -0.39 is 0 Å². The number of rotatable bonds is 4. The van der Waals surface area contributed by atoms with E-state index in [2.05, 4.69) is 15.8 Å². The number of hydrogen-bond acceptors (Lipinski definition) is 5. The van der Waals surface area contributed by atoms with Gasteiger partial charge in [0.05, 0.1) is 6.21 Å². The first-order valence-electron chi connectivity index (χ1n) is 7.06. The van der Waals surface area contributed by atoms with Crippen LogP contribution < -0.4 is 20.2 Å². The van der Waals surface area contributed by atoms with Crippen molar-refractivity contribution in [3.05, 3.63) is 52.5 Å². The molecule has 6 nitrogen and oxygen atoms in total. The summed E-state index contributed by atoms with van der Waals surface area (Å²) >= 11 is 11.0. The van der Waals surface area contributed by atoms with E-state index in [1.165, 1.54) is 12.3 Å². The molecule has 0 amide bonds. The number of ether oxygens (including phenoxy) is 2. The lowest BCUT2D eigenvalue weighted by molar-refractivity contribution is 0.174. The Labute approximate surface area is 149 Å². The van der Waals surface area contributed by atoms with Gasteiger partial charge in [0.1, 0.15) is 5.75 Å². The van der Waals surface area contributed by atoms with Crippen molar-refractivity contribution in [2.24, 2.45) is 5.10 Å². The summed E-state index contributed by atoms with van der Waals surface area (Å²) in [4.78, 5) is 0. The lowest BCUT2D eigenvalue weighted by atomic mass is 10.2. The van der Waals surface area contributed by atoms with Crippen LogP contribution in [0.5, 0.6) is 17.2 Å². The number of phenolic OH excluding ortho intramolecular Hbond substituents is 1. The van der Waals surface area contributed by atoms with Gasteiger partial charge in [0.2, 0.25) is 6.79 Å². The van der Waals surface area contributed by atoms with Crippen LogP contribution in [-0.2, 0) is 6.54 Å². The van der Waals surface area contributed by atoms with Crippen LogP contribution in [0.1, 0.15) is 11.1 Å². The van der Waals surface area contributed by atoms with Crippen molar-refractivity contribution in [3.8, 4) is 17.2 Å². The molecule has 0 fully saturated rings. The summed E-state index contributed by atoms with van der Waals surface area (Å²) in [6.45, 7) is 0.762. The number of fused-ring (bicyclic) bond motifs is 1. The fourth-order valence-electron chi connectivity index (χ4n) is 2.06. The summed E-state index contributed by atoms with van der Waals surface area (Å²) < 4.78 is 10.6. The van der Waals surface area contributed by atoms with Crippen molar-refractivity contribution >= 4 is 35.1 Å². The number of aromatic hydroxyl groups is 1. The Balaban J connectivity index is 1.51. The van der Waals surface area contributed by atoms with Crippen LogP contribution in [0.25, 0.3) is 0 Å². The van der Waals surface area contributed by atoms with Crippen molar-refractivity contribution in [2.45, 2.75) is 6.54 Å². The molecule has 3 rings (SSSR count). The highest BCUT2D eigenvalue weighted by Crippen LogP contribution is 2.32. The maximum absolute atomic E-state index is 9.68. The molecule has 2 aromatic rings. The first-order valence-corrected chi connectivity index (χ1v) is 7.84. The van der Waals surface area contributed by atoms with Crippen LogP contribution in [0.15, 0.2) is 41.5 Å². The number of hydrazone groups is 1. The fraction of sp³-hybridized carbons (Fsp3) is 0.125. The summed E-state index contributed by atoms with van der Waals surface area (Å²) in [6.07, 6.45) is 1.44. The van der Waals surface area contributed by atoms with Crippen LogP contribution in [0.2, 0.25) is 5.02 Å². The number of benzene rings is 2. The monoisotopic (exact) mass is 363 g/mol. The van der Waals surface area contributed by atoms with Gasteiger partial charge in [-0.1, -0.05) is 17.7 Å². The summed E-state index contributed by atoms with van der Waals surface area (Å²) in [6, 6.07) is 10.4. The minimum absolute atomic E-state index is 0.0872. The van der Waals surface area contributed by atoms with Gasteiger partial charge >= 0.3 is 0 Å². The van der Waals surface area contributed by atoms with E-state index in [0.717, 1.165) is 17.1 Å². The Morgan fingerprint density at radius 2 is 2.08 bits per heavy atom. The first kappa shape index (κ1) is 16.4. The zero-order valence-corrected chi connectivity index (χ0v) is 14.0. The number of nitrogens with zero attached hydrogens (tertiary/aromatic N) is 1. The average molecular weight is 364 g/mol. The highest BCUT2D eigenvalue weighted by Gasteiger charge is 2.12. The van der Waals surface area contributed by atoms with Crippen LogP contribution in [0, 0.1) is 0 Å². The van der Waals surface area contributed by atoms with Crippen LogP contribution in [0.4, 0.5) is 0 Å². The van der Waals surface area contributed by atoms with Crippen LogP contribution in [-0.4, -0.2) is 23.2 Å². The molecule has 0 bridgehead atoms. The molecule has 1 aliphatic rings. The summed E-state index contributed by atoms with van der Waals surface area (Å²) in [5, 5.41) is 17.5. The van der Waals surface area contributed by atoms with E-state index >= 15 is 0 Å². The molecule has 0 saturated carbocycles. The van der Waals surface area contributed by atoms with Crippen molar-refractivity contribution in [1.82, 2.24) is 10.7 Å². The van der Waals surface area contributed by atoms with Gasteiger partial charge < -0.3 is 19.9 Å². The largest absolute Gasteiger partial charge is 0.507 e.